The van der Waals surface area contributed by atoms with E-state index in [-0.39, 0.29) is 12.5 Å². The Kier molecular flexibility index (Phi) is 4.52. The first-order valence-electron chi connectivity index (χ1n) is 5.18. The largest absolute Gasteiger partial charge is 0.481 e. The Morgan fingerprint density at radius 2 is 2.12 bits per heavy atom. The number of carboxylic acid groups (broad SMARTS) is 1. The molecule has 0 saturated heterocycles. The Balaban J connectivity index is 2.94. The van der Waals surface area contributed by atoms with E-state index in [1.807, 2.05) is 0 Å². The van der Waals surface area contributed by atoms with Gasteiger partial charge in [0.25, 0.3) is 0 Å². The minimum absolute atomic E-state index is 0.130. The number of carboxylic acids is 1. The van der Waals surface area contributed by atoms with E-state index >= 15 is 0 Å². The van der Waals surface area contributed by atoms with Crippen molar-refractivity contribution in [3.63, 3.8) is 0 Å². The molecule has 0 radical (unpaired) electrons. The van der Waals surface area contributed by atoms with Gasteiger partial charge in [0.05, 0.1) is 5.92 Å². The van der Waals surface area contributed by atoms with E-state index in [1.54, 1.807) is 31.2 Å². The van der Waals surface area contributed by atoms with Gasteiger partial charge < -0.3 is 10.0 Å². The maximum atomic E-state index is 11.5. The maximum Gasteiger partial charge on any atom is 0.308 e. The van der Waals surface area contributed by atoms with Crippen molar-refractivity contribution in [2.24, 2.45) is 5.92 Å². The summed E-state index contributed by atoms with van der Waals surface area (Å²) in [6, 6.07) is 6.78. The van der Waals surface area contributed by atoms with Gasteiger partial charge in [-0.25, -0.2) is 0 Å². The molecule has 0 aromatic heterocycles. The summed E-state index contributed by atoms with van der Waals surface area (Å²) in [7, 11) is 0. The molecule has 0 fully saturated rings. The number of benzene rings is 1. The number of hydrogen-bond donors (Lipinski definition) is 1. The standard InChI is InChI=1S/C12H14ClNO3/c1-8(12(16)17)7-14(9(2)15)11-5-3-4-10(13)6-11/h3-6,8H,7H2,1-2H3,(H,16,17). The predicted molar refractivity (Wildman–Crippen MR) is 66.3 cm³/mol. The van der Waals surface area contributed by atoms with Crippen molar-refractivity contribution >= 4 is 29.2 Å². The van der Waals surface area contributed by atoms with Crippen molar-refractivity contribution in [1.29, 1.82) is 0 Å². The molecule has 17 heavy (non-hydrogen) atoms. The molecule has 1 aromatic carbocycles. The van der Waals surface area contributed by atoms with Crippen LogP contribution in [0.15, 0.2) is 24.3 Å². The van der Waals surface area contributed by atoms with Crippen LogP contribution in [0.5, 0.6) is 0 Å². The molecule has 0 heterocycles. The normalized spacial score (nSPS) is 11.9. The van der Waals surface area contributed by atoms with Crippen molar-refractivity contribution in [3.05, 3.63) is 29.3 Å². The summed E-state index contributed by atoms with van der Waals surface area (Å²) in [5.74, 6) is -1.77. The first-order chi connectivity index (χ1) is 7.91. The van der Waals surface area contributed by atoms with Gasteiger partial charge >= 0.3 is 5.97 Å². The highest BCUT2D eigenvalue weighted by molar-refractivity contribution is 6.30. The summed E-state index contributed by atoms with van der Waals surface area (Å²) in [4.78, 5) is 23.7. The fourth-order valence-corrected chi connectivity index (χ4v) is 1.60. The topological polar surface area (TPSA) is 57.6 Å². The van der Waals surface area contributed by atoms with Crippen LogP contribution in [0, 0.1) is 5.92 Å². The van der Waals surface area contributed by atoms with Crippen LogP contribution in [0.2, 0.25) is 5.02 Å². The van der Waals surface area contributed by atoms with Crippen LogP contribution in [0.3, 0.4) is 0 Å². The molecule has 1 aromatic rings. The van der Waals surface area contributed by atoms with Gasteiger partial charge in [0, 0.05) is 24.2 Å². The first kappa shape index (κ1) is 13.5. The Morgan fingerprint density at radius 1 is 1.47 bits per heavy atom. The second kappa shape index (κ2) is 5.68. The SMILES string of the molecule is CC(=O)N(CC(C)C(=O)O)c1cccc(Cl)c1. The van der Waals surface area contributed by atoms with Crippen LogP contribution in [0.1, 0.15) is 13.8 Å². The van der Waals surface area contributed by atoms with Gasteiger partial charge in [-0.15, -0.1) is 0 Å². The lowest BCUT2D eigenvalue weighted by Gasteiger charge is -2.23. The lowest BCUT2D eigenvalue weighted by Crippen LogP contribution is -2.35. The molecule has 4 nitrogen and oxygen atoms in total. The number of anilines is 1. The molecule has 0 bridgehead atoms. The smallest absolute Gasteiger partial charge is 0.308 e. The highest BCUT2D eigenvalue weighted by Crippen LogP contribution is 2.20. The van der Waals surface area contributed by atoms with E-state index in [1.165, 1.54) is 11.8 Å². The summed E-state index contributed by atoms with van der Waals surface area (Å²) < 4.78 is 0. The molecular weight excluding hydrogens is 242 g/mol. The molecule has 5 heteroatoms. The van der Waals surface area contributed by atoms with Gasteiger partial charge in [0.1, 0.15) is 0 Å². The summed E-state index contributed by atoms with van der Waals surface area (Å²) in [5, 5.41) is 9.36. The molecule has 1 N–H and O–H groups in total. The number of amides is 1. The second-order valence-electron chi connectivity index (χ2n) is 3.85. The average molecular weight is 256 g/mol. The average Bonchev–Trinajstić information content (AvgIpc) is 2.24. The summed E-state index contributed by atoms with van der Waals surface area (Å²) >= 11 is 5.84. The third-order valence-corrected chi connectivity index (χ3v) is 2.61. The molecule has 0 aliphatic carbocycles. The van der Waals surface area contributed by atoms with Gasteiger partial charge in [-0.2, -0.15) is 0 Å². The lowest BCUT2D eigenvalue weighted by atomic mass is 10.1. The van der Waals surface area contributed by atoms with Crippen molar-refractivity contribution in [3.8, 4) is 0 Å². The molecule has 92 valence electrons. The molecule has 1 amide bonds. The molecule has 0 spiro atoms. The summed E-state index contributed by atoms with van der Waals surface area (Å²) in [6.07, 6.45) is 0. The summed E-state index contributed by atoms with van der Waals surface area (Å²) in [6.45, 7) is 3.09. The number of halogens is 1. The minimum atomic E-state index is -0.932. The minimum Gasteiger partial charge on any atom is -0.481 e. The van der Waals surface area contributed by atoms with Crippen molar-refractivity contribution in [1.82, 2.24) is 0 Å². The molecule has 1 atom stereocenters. The van der Waals surface area contributed by atoms with Crippen LogP contribution < -0.4 is 4.90 Å². The van der Waals surface area contributed by atoms with Gasteiger partial charge in [0.2, 0.25) is 5.91 Å². The van der Waals surface area contributed by atoms with Crippen molar-refractivity contribution in [2.75, 3.05) is 11.4 Å². The highest BCUT2D eigenvalue weighted by atomic mass is 35.5. The molecule has 0 aliphatic heterocycles. The van der Waals surface area contributed by atoms with E-state index in [4.69, 9.17) is 16.7 Å². The molecule has 1 rings (SSSR count). The van der Waals surface area contributed by atoms with E-state index < -0.39 is 11.9 Å². The van der Waals surface area contributed by atoms with Crippen LogP contribution in [-0.4, -0.2) is 23.5 Å². The maximum absolute atomic E-state index is 11.5. The van der Waals surface area contributed by atoms with Crippen molar-refractivity contribution < 1.29 is 14.7 Å². The van der Waals surface area contributed by atoms with Gasteiger partial charge in [-0.1, -0.05) is 24.6 Å². The third-order valence-electron chi connectivity index (χ3n) is 2.38. The zero-order valence-electron chi connectivity index (χ0n) is 9.68. The van der Waals surface area contributed by atoms with Gasteiger partial charge in [-0.05, 0) is 18.2 Å². The lowest BCUT2D eigenvalue weighted by molar-refractivity contribution is -0.140. The number of carbonyl (C=O) groups is 2. The Bertz CT molecular complexity index is 434. The quantitative estimate of drug-likeness (QED) is 0.899. The zero-order valence-corrected chi connectivity index (χ0v) is 10.4. The third kappa shape index (κ3) is 3.75. The zero-order chi connectivity index (χ0) is 13.0. The molecular formula is C12H14ClNO3. The predicted octanol–water partition coefficient (Wildman–Crippen LogP) is 2.41. The highest BCUT2D eigenvalue weighted by Gasteiger charge is 2.19. The van der Waals surface area contributed by atoms with Crippen LogP contribution in [-0.2, 0) is 9.59 Å². The van der Waals surface area contributed by atoms with E-state index in [0.717, 1.165) is 0 Å². The number of rotatable bonds is 4. The van der Waals surface area contributed by atoms with E-state index in [2.05, 4.69) is 0 Å². The van der Waals surface area contributed by atoms with Gasteiger partial charge in [0.15, 0.2) is 0 Å². The Labute approximate surface area is 105 Å². The van der Waals surface area contributed by atoms with Crippen LogP contribution >= 0.6 is 11.6 Å². The second-order valence-corrected chi connectivity index (χ2v) is 4.29. The van der Waals surface area contributed by atoms with Crippen LogP contribution in [0.25, 0.3) is 0 Å². The van der Waals surface area contributed by atoms with Crippen molar-refractivity contribution in [2.45, 2.75) is 13.8 Å². The fraction of sp³-hybridized carbons (Fsp3) is 0.333. The van der Waals surface area contributed by atoms with E-state index in [0.29, 0.717) is 10.7 Å². The Morgan fingerprint density at radius 3 is 2.59 bits per heavy atom. The van der Waals surface area contributed by atoms with Crippen LogP contribution in [0.4, 0.5) is 5.69 Å². The number of aliphatic carboxylic acids is 1. The number of nitrogens with zero attached hydrogens (tertiary/aromatic N) is 1. The number of hydrogen-bond acceptors (Lipinski definition) is 2. The summed E-state index contributed by atoms with van der Waals surface area (Å²) in [5.41, 5.74) is 0.609. The molecule has 0 aliphatic rings. The molecule has 0 saturated carbocycles. The Hall–Kier alpha value is -1.55. The molecule has 1 unspecified atom stereocenters. The fourth-order valence-electron chi connectivity index (χ4n) is 1.41. The van der Waals surface area contributed by atoms with Gasteiger partial charge in [-0.3, -0.25) is 9.59 Å². The first-order valence-corrected chi connectivity index (χ1v) is 5.56. The van der Waals surface area contributed by atoms with E-state index in [9.17, 15) is 9.59 Å². The number of carbonyl (C=O) groups excluding carboxylic acids is 1. The monoisotopic (exact) mass is 255 g/mol.